The summed E-state index contributed by atoms with van der Waals surface area (Å²) in [6.07, 6.45) is 0.615. The van der Waals surface area contributed by atoms with Crippen LogP contribution in [0.25, 0.3) is 0 Å². The highest BCUT2D eigenvalue weighted by atomic mass is 16.5. The molecule has 0 fully saturated rings. The first-order chi connectivity index (χ1) is 12.4. The number of carbonyl (C=O) groups excluding carboxylic acids is 4. The van der Waals surface area contributed by atoms with Crippen molar-refractivity contribution >= 4 is 24.1 Å². The Morgan fingerprint density at radius 1 is 1.23 bits per heavy atom. The van der Waals surface area contributed by atoms with E-state index < -0.39 is 36.7 Å². The highest BCUT2D eigenvalue weighted by Gasteiger charge is 2.34. The first-order valence-corrected chi connectivity index (χ1v) is 8.11. The van der Waals surface area contributed by atoms with Gasteiger partial charge in [0, 0.05) is 13.3 Å². The van der Waals surface area contributed by atoms with E-state index in [4.69, 9.17) is 4.74 Å². The number of hydrogen-bond donors (Lipinski definition) is 1. The number of methoxy groups -OCH3 is 1. The molecule has 1 N–H and O–H groups in total. The number of rotatable bonds is 10. The molecule has 0 saturated carbocycles. The number of benzene rings is 1. The number of aldehydes is 1. The van der Waals surface area contributed by atoms with E-state index in [-0.39, 0.29) is 6.42 Å². The van der Waals surface area contributed by atoms with Gasteiger partial charge in [0.05, 0.1) is 13.2 Å². The molecular weight excluding hydrogens is 340 g/mol. The van der Waals surface area contributed by atoms with Crippen molar-refractivity contribution in [3.05, 3.63) is 35.9 Å². The third kappa shape index (κ3) is 6.29. The van der Waals surface area contributed by atoms with Crippen LogP contribution >= 0.6 is 0 Å². The molecule has 8 heteroatoms. The first kappa shape index (κ1) is 21.3. The Morgan fingerprint density at radius 3 is 2.38 bits per heavy atom. The minimum absolute atomic E-state index is 0.262. The Hall–Kier alpha value is -2.74. The predicted molar refractivity (Wildman–Crippen MR) is 93.0 cm³/mol. The van der Waals surface area contributed by atoms with Crippen LogP contribution in [0.2, 0.25) is 0 Å². The van der Waals surface area contributed by atoms with Gasteiger partial charge in [-0.3, -0.25) is 14.5 Å². The Kier molecular flexibility index (Phi) is 9.00. The van der Waals surface area contributed by atoms with Crippen molar-refractivity contribution in [2.45, 2.75) is 31.8 Å². The van der Waals surface area contributed by atoms with Gasteiger partial charge >= 0.3 is 11.9 Å². The van der Waals surface area contributed by atoms with Crippen molar-refractivity contribution in [3.63, 3.8) is 0 Å². The number of nitrogens with zero attached hydrogens (tertiary/aromatic N) is 1. The predicted octanol–water partition coefficient (Wildman–Crippen LogP) is 0.297. The fourth-order valence-corrected chi connectivity index (χ4v) is 2.41. The van der Waals surface area contributed by atoms with E-state index in [0.717, 1.165) is 17.6 Å². The summed E-state index contributed by atoms with van der Waals surface area (Å²) in [5.74, 6) is -1.84. The molecule has 1 aromatic rings. The standard InChI is InChI=1S/C18H24N2O6/c1-13(22)26-12-20(16(9-10-21)18(24)25-3)17(23)15(19-2)11-14-7-5-4-6-8-14/h4-8,10,15-16,19H,9,11-12H2,1-3H3. The molecule has 0 aromatic heterocycles. The van der Waals surface area contributed by atoms with Gasteiger partial charge < -0.3 is 19.6 Å². The van der Waals surface area contributed by atoms with Crippen molar-refractivity contribution < 1.29 is 28.7 Å². The minimum Gasteiger partial charge on any atom is -0.467 e. The zero-order chi connectivity index (χ0) is 19.5. The lowest BCUT2D eigenvalue weighted by Crippen LogP contribution is -2.54. The molecule has 1 rings (SSSR count). The molecule has 26 heavy (non-hydrogen) atoms. The second-order valence-electron chi connectivity index (χ2n) is 5.55. The molecule has 2 atom stereocenters. The minimum atomic E-state index is -1.17. The van der Waals surface area contributed by atoms with Gasteiger partial charge in [-0.2, -0.15) is 0 Å². The summed E-state index contributed by atoms with van der Waals surface area (Å²) >= 11 is 0. The second-order valence-corrected chi connectivity index (χ2v) is 5.55. The number of likely N-dealkylation sites (N-methyl/N-ethyl adjacent to an activating group) is 1. The van der Waals surface area contributed by atoms with Crippen LogP contribution in [0.15, 0.2) is 30.3 Å². The summed E-state index contributed by atoms with van der Waals surface area (Å²) in [5.41, 5.74) is 0.914. The summed E-state index contributed by atoms with van der Waals surface area (Å²) in [6, 6.07) is 7.47. The molecule has 142 valence electrons. The first-order valence-electron chi connectivity index (χ1n) is 8.11. The third-order valence-electron chi connectivity index (χ3n) is 3.79. The Morgan fingerprint density at radius 2 is 1.88 bits per heavy atom. The fraction of sp³-hybridized carbons (Fsp3) is 0.444. The summed E-state index contributed by atoms with van der Waals surface area (Å²) in [6.45, 7) is 0.740. The molecule has 8 nitrogen and oxygen atoms in total. The van der Waals surface area contributed by atoms with Gasteiger partial charge in [0.15, 0.2) is 6.73 Å². The maximum atomic E-state index is 13.0. The van der Waals surface area contributed by atoms with E-state index in [2.05, 4.69) is 10.1 Å². The number of hydrogen-bond acceptors (Lipinski definition) is 7. The Labute approximate surface area is 152 Å². The van der Waals surface area contributed by atoms with Crippen molar-refractivity contribution in [2.75, 3.05) is 20.9 Å². The molecule has 0 aliphatic heterocycles. The third-order valence-corrected chi connectivity index (χ3v) is 3.79. The molecule has 1 amide bonds. The lowest BCUT2D eigenvalue weighted by atomic mass is 10.0. The van der Waals surface area contributed by atoms with Crippen LogP contribution in [0, 0.1) is 0 Å². The molecular formula is C18H24N2O6. The molecule has 0 heterocycles. The summed E-state index contributed by atoms with van der Waals surface area (Å²) in [5, 5.41) is 2.90. The van der Waals surface area contributed by atoms with Crippen LogP contribution in [0.3, 0.4) is 0 Å². The number of carbonyl (C=O) groups is 4. The van der Waals surface area contributed by atoms with E-state index in [1.807, 2.05) is 30.3 Å². The van der Waals surface area contributed by atoms with Crippen molar-refractivity contribution in [3.8, 4) is 0 Å². The monoisotopic (exact) mass is 364 g/mol. The van der Waals surface area contributed by atoms with E-state index in [1.165, 1.54) is 6.92 Å². The summed E-state index contributed by atoms with van der Waals surface area (Å²) < 4.78 is 9.59. The molecule has 0 aliphatic carbocycles. The lowest BCUT2D eigenvalue weighted by molar-refractivity contribution is -0.164. The molecule has 1 aromatic carbocycles. The fourth-order valence-electron chi connectivity index (χ4n) is 2.41. The van der Waals surface area contributed by atoms with Crippen LogP contribution < -0.4 is 5.32 Å². The second kappa shape index (κ2) is 11.0. The van der Waals surface area contributed by atoms with Crippen molar-refractivity contribution in [1.29, 1.82) is 0 Å². The van der Waals surface area contributed by atoms with Crippen LogP contribution in [0.1, 0.15) is 18.9 Å². The topological polar surface area (TPSA) is 102 Å². The molecule has 0 radical (unpaired) electrons. The van der Waals surface area contributed by atoms with Crippen molar-refractivity contribution in [1.82, 2.24) is 10.2 Å². The number of nitrogens with one attached hydrogen (secondary N) is 1. The average molecular weight is 364 g/mol. The highest BCUT2D eigenvalue weighted by molar-refractivity contribution is 5.89. The van der Waals surface area contributed by atoms with Crippen LogP contribution in [0.5, 0.6) is 0 Å². The van der Waals surface area contributed by atoms with Gasteiger partial charge in [-0.05, 0) is 19.0 Å². The number of amides is 1. The zero-order valence-corrected chi connectivity index (χ0v) is 15.1. The van der Waals surface area contributed by atoms with E-state index in [1.54, 1.807) is 7.05 Å². The Balaban J connectivity index is 3.07. The van der Waals surface area contributed by atoms with Crippen molar-refractivity contribution in [2.24, 2.45) is 0 Å². The maximum Gasteiger partial charge on any atom is 0.329 e. The van der Waals surface area contributed by atoms with Crippen LogP contribution in [0.4, 0.5) is 0 Å². The summed E-state index contributed by atoms with van der Waals surface area (Å²) in [4.78, 5) is 48.2. The SMILES string of the molecule is CNC(Cc1ccccc1)C(=O)N(COC(C)=O)C(CC=O)C(=O)OC. The molecule has 0 spiro atoms. The van der Waals surface area contributed by atoms with Gasteiger partial charge in [0.2, 0.25) is 5.91 Å². The number of esters is 2. The largest absolute Gasteiger partial charge is 0.467 e. The maximum absolute atomic E-state index is 13.0. The quantitative estimate of drug-likeness (QED) is 0.362. The molecule has 2 unspecified atom stereocenters. The van der Waals surface area contributed by atoms with Gasteiger partial charge in [-0.1, -0.05) is 30.3 Å². The Bertz CT molecular complexity index is 619. The highest BCUT2D eigenvalue weighted by Crippen LogP contribution is 2.12. The number of ether oxygens (including phenoxy) is 2. The zero-order valence-electron chi connectivity index (χ0n) is 15.1. The lowest BCUT2D eigenvalue weighted by Gasteiger charge is -2.31. The van der Waals surface area contributed by atoms with E-state index in [0.29, 0.717) is 12.7 Å². The summed E-state index contributed by atoms with van der Waals surface area (Å²) in [7, 11) is 2.77. The van der Waals surface area contributed by atoms with Gasteiger partial charge in [0.1, 0.15) is 12.3 Å². The normalized spacial score (nSPS) is 12.6. The molecule has 0 aliphatic rings. The van der Waals surface area contributed by atoms with Gasteiger partial charge in [0.25, 0.3) is 0 Å². The van der Waals surface area contributed by atoms with Gasteiger partial charge in [-0.15, -0.1) is 0 Å². The molecule has 0 saturated heterocycles. The van der Waals surface area contributed by atoms with E-state index >= 15 is 0 Å². The van der Waals surface area contributed by atoms with Crippen LogP contribution in [-0.4, -0.2) is 62.0 Å². The van der Waals surface area contributed by atoms with Crippen LogP contribution in [-0.2, 0) is 35.1 Å². The van der Waals surface area contributed by atoms with Gasteiger partial charge in [-0.25, -0.2) is 4.79 Å². The molecule has 0 bridgehead atoms. The smallest absolute Gasteiger partial charge is 0.329 e. The van der Waals surface area contributed by atoms with E-state index in [9.17, 15) is 19.2 Å². The average Bonchev–Trinajstić information content (AvgIpc) is 2.65.